The highest BCUT2D eigenvalue weighted by Crippen LogP contribution is 2.52. The van der Waals surface area contributed by atoms with Gasteiger partial charge in [0, 0.05) is 49.4 Å². The summed E-state index contributed by atoms with van der Waals surface area (Å²) in [4.78, 5) is 34.5. The van der Waals surface area contributed by atoms with Gasteiger partial charge >= 0.3 is 0 Å². The number of fused-ring (bicyclic) bond motifs is 2. The molecule has 0 spiro atoms. The molecule has 4 heterocycles. The predicted octanol–water partition coefficient (Wildman–Crippen LogP) is 6.04. The van der Waals surface area contributed by atoms with E-state index in [-0.39, 0.29) is 28.5 Å². The number of phenolic OH excluding ortho intramolecular Hbond substituents is 1. The van der Waals surface area contributed by atoms with Crippen molar-refractivity contribution in [2.24, 2.45) is 5.92 Å². The molecule has 5 rings (SSSR count). The van der Waals surface area contributed by atoms with Gasteiger partial charge in [0.05, 0.1) is 24.6 Å². The molecule has 0 amide bonds. The molecule has 0 unspecified atom stereocenters. The minimum Gasteiger partial charge on any atom is -0.504 e. The smallest absolute Gasteiger partial charge is 0.163 e. The number of ketones is 2. The van der Waals surface area contributed by atoms with Crippen LogP contribution in [0.15, 0.2) is 49.2 Å². The third kappa shape index (κ3) is 6.98. The van der Waals surface area contributed by atoms with Gasteiger partial charge in [-0.05, 0) is 66.1 Å². The summed E-state index contributed by atoms with van der Waals surface area (Å²) in [6, 6.07) is 5.64. The Morgan fingerprint density at radius 1 is 1.22 bits per heavy atom. The summed E-state index contributed by atoms with van der Waals surface area (Å²) in [6.07, 6.45) is 14.2. The molecule has 216 valence electrons. The first-order valence-corrected chi connectivity index (χ1v) is 16.3. The average Bonchev–Trinajstić information content (AvgIpc) is 3.47. The maximum absolute atomic E-state index is 12.7. The Labute approximate surface area is 248 Å². The van der Waals surface area contributed by atoms with E-state index in [0.29, 0.717) is 24.5 Å². The Morgan fingerprint density at radius 3 is 2.88 bits per heavy atom. The monoisotopic (exact) mass is 592 g/mol. The number of rotatable bonds is 4. The molecule has 0 fully saturated rings. The van der Waals surface area contributed by atoms with Crippen molar-refractivity contribution < 1.29 is 19.4 Å². The molecule has 8 nitrogen and oxygen atoms in total. The van der Waals surface area contributed by atoms with E-state index in [0.717, 1.165) is 66.2 Å². The van der Waals surface area contributed by atoms with E-state index in [9.17, 15) is 14.7 Å². The number of carbonyl (C=O) groups excluding carboxylic acids is 2. The summed E-state index contributed by atoms with van der Waals surface area (Å²) >= 11 is 0. The fourth-order valence-corrected chi connectivity index (χ4v) is 9.08. The van der Waals surface area contributed by atoms with Crippen LogP contribution in [0.2, 0.25) is 0 Å². The summed E-state index contributed by atoms with van der Waals surface area (Å²) in [5, 5.41) is 14.1. The van der Waals surface area contributed by atoms with Gasteiger partial charge in [0.1, 0.15) is 11.6 Å². The normalized spacial score (nSPS) is 21.9. The third-order valence-corrected chi connectivity index (χ3v) is 11.2. The lowest BCUT2D eigenvalue weighted by molar-refractivity contribution is -0.124. The van der Waals surface area contributed by atoms with Crippen LogP contribution in [-0.4, -0.2) is 50.6 Å². The van der Waals surface area contributed by atoms with Crippen LogP contribution in [0.25, 0.3) is 6.08 Å². The number of pyridine rings is 1. The number of phenols is 1. The average molecular weight is 593 g/mol. The van der Waals surface area contributed by atoms with Gasteiger partial charge in [-0.15, -0.1) is 0 Å². The van der Waals surface area contributed by atoms with Gasteiger partial charge in [0.15, 0.2) is 17.3 Å². The molecule has 3 aromatic rings. The maximum Gasteiger partial charge on any atom is 0.163 e. The molecule has 2 aliphatic heterocycles. The predicted molar refractivity (Wildman–Crippen MR) is 165 cm³/mol. The summed E-state index contributed by atoms with van der Waals surface area (Å²) in [7, 11) is 5.25. The number of imidazole rings is 1. The van der Waals surface area contributed by atoms with E-state index in [2.05, 4.69) is 27.9 Å². The van der Waals surface area contributed by atoms with Crippen LogP contribution in [0.3, 0.4) is 0 Å². The Balaban J connectivity index is 1.58. The number of anilines is 1. The van der Waals surface area contributed by atoms with E-state index < -0.39 is 0 Å². The van der Waals surface area contributed by atoms with Gasteiger partial charge in [-0.2, -0.15) is 0 Å². The number of methoxy groups -OCH3 is 1. The van der Waals surface area contributed by atoms with E-state index >= 15 is 0 Å². The second-order valence-electron chi connectivity index (χ2n) is 10.7. The SMILES string of the molecule is CC[C@H]1CCC(=O)CC(=O)C=Cc2cc(OC)c(O)cc2Cc2cnc3c(c2)[C@@](Cn2ccnc2)(CCN3)SSC1. The third-order valence-electron chi connectivity index (χ3n) is 7.84. The van der Waals surface area contributed by atoms with Crippen molar-refractivity contribution in [2.75, 3.05) is 24.7 Å². The van der Waals surface area contributed by atoms with Crippen LogP contribution >= 0.6 is 21.6 Å². The van der Waals surface area contributed by atoms with Gasteiger partial charge in [0.25, 0.3) is 0 Å². The second kappa shape index (κ2) is 13.2. The Morgan fingerprint density at radius 2 is 2.10 bits per heavy atom. The summed E-state index contributed by atoms with van der Waals surface area (Å²) in [6.45, 7) is 3.75. The number of Topliss-reactive ketones (excluding diaryl/α,β-unsaturated/α-hetero) is 1. The number of nitrogens with zero attached hydrogens (tertiary/aromatic N) is 3. The van der Waals surface area contributed by atoms with E-state index in [4.69, 9.17) is 9.72 Å². The number of benzene rings is 1. The molecule has 0 saturated heterocycles. The lowest BCUT2D eigenvalue weighted by Crippen LogP contribution is -2.35. The van der Waals surface area contributed by atoms with Gasteiger partial charge in [0.2, 0.25) is 0 Å². The Hall–Kier alpha value is -3.24. The van der Waals surface area contributed by atoms with Crippen LogP contribution in [0.1, 0.15) is 61.3 Å². The number of aromatic nitrogens is 3. The molecule has 2 aromatic heterocycles. The molecule has 2 atom stereocenters. The van der Waals surface area contributed by atoms with Crippen LogP contribution in [0.5, 0.6) is 11.5 Å². The zero-order chi connectivity index (χ0) is 28.8. The van der Waals surface area contributed by atoms with Crippen LogP contribution < -0.4 is 10.1 Å². The first-order valence-electron chi connectivity index (χ1n) is 14.0. The number of carbonyl (C=O) groups is 2. The van der Waals surface area contributed by atoms with E-state index in [1.54, 1.807) is 18.2 Å². The van der Waals surface area contributed by atoms with E-state index in [1.807, 2.05) is 46.5 Å². The van der Waals surface area contributed by atoms with Gasteiger partial charge in [-0.3, -0.25) is 9.59 Å². The number of hydrogen-bond donors (Lipinski definition) is 2. The van der Waals surface area contributed by atoms with Crippen molar-refractivity contribution in [1.29, 1.82) is 0 Å². The maximum atomic E-state index is 12.7. The second-order valence-corrected chi connectivity index (χ2v) is 13.5. The summed E-state index contributed by atoms with van der Waals surface area (Å²) in [5.41, 5.74) is 3.74. The fourth-order valence-electron chi connectivity index (χ4n) is 5.42. The van der Waals surface area contributed by atoms with E-state index in [1.165, 1.54) is 13.2 Å². The van der Waals surface area contributed by atoms with Crippen molar-refractivity contribution in [3.63, 3.8) is 0 Å². The number of aromatic hydroxyl groups is 1. The van der Waals surface area contributed by atoms with Crippen molar-refractivity contribution in [3.05, 3.63) is 71.4 Å². The molecule has 10 heteroatoms. The summed E-state index contributed by atoms with van der Waals surface area (Å²) < 4.78 is 7.25. The molecule has 2 bridgehead atoms. The highest BCUT2D eigenvalue weighted by atomic mass is 33.1. The first kappa shape index (κ1) is 29.3. The molecule has 2 aliphatic rings. The highest BCUT2D eigenvalue weighted by Gasteiger charge is 2.39. The fraction of sp³-hybridized carbons (Fsp3) is 0.419. The van der Waals surface area contributed by atoms with Crippen LogP contribution in [-0.2, 0) is 27.3 Å². The number of nitrogens with one attached hydrogen (secondary N) is 1. The lowest BCUT2D eigenvalue weighted by atomic mass is 9.89. The van der Waals surface area contributed by atoms with Gasteiger partial charge < -0.3 is 19.7 Å². The van der Waals surface area contributed by atoms with Crippen LogP contribution in [0.4, 0.5) is 5.82 Å². The minimum atomic E-state index is -0.230. The highest BCUT2D eigenvalue weighted by molar-refractivity contribution is 8.77. The zero-order valence-electron chi connectivity index (χ0n) is 23.5. The zero-order valence-corrected chi connectivity index (χ0v) is 25.1. The summed E-state index contributed by atoms with van der Waals surface area (Å²) in [5.74, 6) is 2.32. The number of ether oxygens (including phenoxy) is 1. The standard InChI is InChI=1S/C31H36N4O4S2/c1-3-21-4-6-25(36)16-26(37)7-5-23-15-29(39-2)28(38)14-24(23)12-22-13-27-30(34-17-22)33-9-8-31(27,41-40-18-21)19-35-11-10-32-20-35/h5,7,10-11,13-15,17,20-21,38H,3-4,6,8-9,12,16,18-19H2,1-2H3,(H,33,34)/t21-,31-/m0/s1. The number of hydrogen-bond acceptors (Lipinski definition) is 9. The minimum absolute atomic E-state index is 0.0268. The molecule has 1 aromatic carbocycles. The lowest BCUT2D eigenvalue weighted by Gasteiger charge is -2.38. The Kier molecular flexibility index (Phi) is 9.39. The van der Waals surface area contributed by atoms with Crippen molar-refractivity contribution in [3.8, 4) is 11.5 Å². The van der Waals surface area contributed by atoms with Crippen molar-refractivity contribution >= 4 is 45.0 Å². The van der Waals surface area contributed by atoms with Gasteiger partial charge in [-0.25, -0.2) is 9.97 Å². The van der Waals surface area contributed by atoms with Crippen molar-refractivity contribution in [2.45, 2.75) is 56.7 Å². The molecular formula is C31H36N4O4S2. The largest absolute Gasteiger partial charge is 0.504 e. The molecule has 2 N–H and O–H groups in total. The molecule has 41 heavy (non-hydrogen) atoms. The quantitative estimate of drug-likeness (QED) is 0.277. The number of allylic oxidation sites excluding steroid dienone is 1. The topological polar surface area (TPSA) is 106 Å². The molecule has 0 aliphatic carbocycles. The molecule has 0 radical (unpaired) electrons. The molecule has 0 saturated carbocycles. The van der Waals surface area contributed by atoms with Crippen molar-refractivity contribution in [1.82, 2.24) is 14.5 Å². The van der Waals surface area contributed by atoms with Crippen LogP contribution in [0, 0.1) is 5.92 Å². The Bertz CT molecular complexity index is 1430. The molecular weight excluding hydrogens is 556 g/mol. The van der Waals surface area contributed by atoms with Gasteiger partial charge in [-0.1, -0.05) is 41.0 Å². The first-order chi connectivity index (χ1) is 19.9.